The first-order valence-electron chi connectivity index (χ1n) is 10.2. The minimum absolute atomic E-state index is 0.204. The Morgan fingerprint density at radius 2 is 1.81 bits per heavy atom. The number of aromatic nitrogens is 3. The highest BCUT2D eigenvalue weighted by molar-refractivity contribution is 7.21. The van der Waals surface area contributed by atoms with Crippen molar-refractivity contribution in [3.8, 4) is 11.1 Å². The van der Waals surface area contributed by atoms with Crippen LogP contribution in [0.25, 0.3) is 32.1 Å². The van der Waals surface area contributed by atoms with Gasteiger partial charge in [0.2, 0.25) is 0 Å². The molecule has 3 N–H and O–H groups in total. The summed E-state index contributed by atoms with van der Waals surface area (Å²) in [5.74, 6) is -0.204. The number of nitrogen functional groups attached to an aromatic ring is 1. The third-order valence-corrected chi connectivity index (χ3v) is 6.82. The number of nitrogens with one attached hydrogen (secondary N) is 1. The smallest absolute Gasteiger partial charge is 0.263 e. The van der Waals surface area contributed by atoms with Gasteiger partial charge in [-0.05, 0) is 35.9 Å². The van der Waals surface area contributed by atoms with Crippen LogP contribution in [0.1, 0.15) is 26.5 Å². The number of pyridine rings is 1. The second kappa shape index (κ2) is 8.01. The summed E-state index contributed by atoms with van der Waals surface area (Å²) in [7, 11) is 0. The van der Waals surface area contributed by atoms with E-state index in [0.717, 1.165) is 44.1 Å². The largest absolute Gasteiger partial charge is 0.397 e. The lowest BCUT2D eigenvalue weighted by Gasteiger charge is -2.08. The normalized spacial score (nSPS) is 11.2. The van der Waals surface area contributed by atoms with E-state index in [4.69, 9.17) is 5.73 Å². The number of thiophene rings is 1. The molecule has 5 rings (SSSR count). The van der Waals surface area contributed by atoms with E-state index in [2.05, 4.69) is 44.8 Å². The summed E-state index contributed by atoms with van der Waals surface area (Å²) < 4.78 is 0. The number of amides is 1. The zero-order valence-electron chi connectivity index (χ0n) is 17.7. The van der Waals surface area contributed by atoms with Crippen LogP contribution < -0.4 is 11.1 Å². The summed E-state index contributed by atoms with van der Waals surface area (Å²) in [6.07, 6.45) is 3.76. The zero-order valence-corrected chi connectivity index (χ0v) is 18.5. The molecule has 0 aliphatic rings. The van der Waals surface area contributed by atoms with Crippen molar-refractivity contribution in [2.75, 3.05) is 5.73 Å². The number of nitrogens with two attached hydrogens (primary N) is 1. The Hall–Kier alpha value is -3.84. The first-order valence-corrected chi connectivity index (χ1v) is 11.1. The van der Waals surface area contributed by atoms with E-state index in [1.54, 1.807) is 0 Å². The van der Waals surface area contributed by atoms with Gasteiger partial charge in [-0.2, -0.15) is 5.10 Å². The molecule has 0 aliphatic carbocycles. The summed E-state index contributed by atoms with van der Waals surface area (Å²) in [4.78, 5) is 18.3. The van der Waals surface area contributed by atoms with Gasteiger partial charge in [0, 0.05) is 35.3 Å². The molecule has 2 aromatic carbocycles. The van der Waals surface area contributed by atoms with Crippen molar-refractivity contribution in [1.82, 2.24) is 20.5 Å². The van der Waals surface area contributed by atoms with Crippen molar-refractivity contribution in [2.45, 2.75) is 20.4 Å². The minimum Gasteiger partial charge on any atom is -0.397 e. The van der Waals surface area contributed by atoms with Gasteiger partial charge < -0.3 is 11.1 Å². The molecular formula is C25H21N5OS. The lowest BCUT2D eigenvalue weighted by molar-refractivity contribution is 0.0956. The van der Waals surface area contributed by atoms with Gasteiger partial charge in [-0.1, -0.05) is 48.5 Å². The van der Waals surface area contributed by atoms with Gasteiger partial charge in [0.05, 0.1) is 11.4 Å². The molecule has 1 amide bonds. The maximum absolute atomic E-state index is 12.8. The number of nitrogens with zero attached hydrogens (tertiary/aromatic N) is 3. The van der Waals surface area contributed by atoms with E-state index < -0.39 is 0 Å². The fourth-order valence-corrected chi connectivity index (χ4v) is 4.84. The molecule has 158 valence electrons. The molecule has 0 spiro atoms. The van der Waals surface area contributed by atoms with E-state index >= 15 is 0 Å². The average Bonchev–Trinajstić information content (AvgIpc) is 3.17. The van der Waals surface area contributed by atoms with Gasteiger partial charge in [0.25, 0.3) is 5.91 Å². The average molecular weight is 440 g/mol. The summed E-state index contributed by atoms with van der Waals surface area (Å²) in [5.41, 5.74) is 11.7. The van der Waals surface area contributed by atoms with Crippen molar-refractivity contribution in [3.05, 3.63) is 82.6 Å². The number of hydrogen-bond donors (Lipinski definition) is 2. The lowest BCUT2D eigenvalue weighted by Crippen LogP contribution is -2.22. The molecule has 0 bridgehead atoms. The van der Waals surface area contributed by atoms with Crippen LogP contribution >= 0.6 is 11.3 Å². The van der Waals surface area contributed by atoms with Crippen molar-refractivity contribution in [2.24, 2.45) is 0 Å². The third kappa shape index (κ3) is 3.46. The highest BCUT2D eigenvalue weighted by Crippen LogP contribution is 2.35. The summed E-state index contributed by atoms with van der Waals surface area (Å²) in [6.45, 7) is 4.24. The van der Waals surface area contributed by atoms with Gasteiger partial charge in [0.1, 0.15) is 9.71 Å². The van der Waals surface area contributed by atoms with Crippen LogP contribution in [-0.4, -0.2) is 21.1 Å². The van der Waals surface area contributed by atoms with Gasteiger partial charge in [-0.15, -0.1) is 16.4 Å². The predicted octanol–water partition coefficient (Wildman–Crippen LogP) is 5.04. The maximum Gasteiger partial charge on any atom is 0.263 e. The van der Waals surface area contributed by atoms with Crippen molar-refractivity contribution in [1.29, 1.82) is 0 Å². The monoisotopic (exact) mass is 439 g/mol. The molecule has 0 radical (unpaired) electrons. The maximum atomic E-state index is 12.8. The van der Waals surface area contributed by atoms with Gasteiger partial charge >= 0.3 is 0 Å². The van der Waals surface area contributed by atoms with Crippen LogP contribution in [0.5, 0.6) is 0 Å². The molecule has 0 fully saturated rings. The van der Waals surface area contributed by atoms with Crippen molar-refractivity contribution < 1.29 is 4.79 Å². The standard InChI is InChI=1S/C25H21N5OS/c1-14-15(2)29-30-25-21(14)22(26)23(32-25)24(31)28-11-16-7-9-17(10-8-16)20-13-27-12-18-5-3-4-6-19(18)20/h3-10,12-13H,11,26H2,1-2H3,(H,28,31). The number of hydrogen-bond acceptors (Lipinski definition) is 6. The van der Waals surface area contributed by atoms with E-state index in [0.29, 0.717) is 21.9 Å². The van der Waals surface area contributed by atoms with Crippen LogP contribution in [-0.2, 0) is 6.54 Å². The molecule has 0 saturated carbocycles. The SMILES string of the molecule is Cc1nnc2sc(C(=O)NCc3ccc(-c4cncc5ccccc45)cc3)c(N)c2c1C. The molecule has 7 heteroatoms. The second-order valence-corrected chi connectivity index (χ2v) is 8.72. The van der Waals surface area contributed by atoms with Crippen LogP contribution in [0, 0.1) is 13.8 Å². The van der Waals surface area contributed by atoms with E-state index in [9.17, 15) is 4.79 Å². The van der Waals surface area contributed by atoms with Crippen LogP contribution in [0.2, 0.25) is 0 Å². The lowest BCUT2D eigenvalue weighted by atomic mass is 10.00. The van der Waals surface area contributed by atoms with Crippen LogP contribution in [0.15, 0.2) is 60.9 Å². The van der Waals surface area contributed by atoms with E-state index in [1.165, 1.54) is 11.3 Å². The Balaban J connectivity index is 1.35. The fourth-order valence-electron chi connectivity index (χ4n) is 3.82. The van der Waals surface area contributed by atoms with Gasteiger partial charge in [-0.25, -0.2) is 0 Å². The molecule has 0 aliphatic heterocycles. The molecule has 0 saturated heterocycles. The molecule has 3 heterocycles. The third-order valence-electron chi connectivity index (χ3n) is 5.73. The Bertz CT molecular complexity index is 1470. The zero-order chi connectivity index (χ0) is 22.2. The summed E-state index contributed by atoms with van der Waals surface area (Å²) in [6, 6.07) is 16.4. The fraction of sp³-hybridized carbons (Fsp3) is 0.120. The number of aryl methyl sites for hydroxylation is 2. The number of anilines is 1. The molecule has 32 heavy (non-hydrogen) atoms. The van der Waals surface area contributed by atoms with Crippen LogP contribution in [0.3, 0.4) is 0 Å². The Labute approximate surface area is 189 Å². The van der Waals surface area contributed by atoms with Crippen molar-refractivity contribution in [3.63, 3.8) is 0 Å². The number of carbonyl (C=O) groups is 1. The highest BCUT2D eigenvalue weighted by atomic mass is 32.1. The predicted molar refractivity (Wildman–Crippen MR) is 130 cm³/mol. The number of carbonyl (C=O) groups excluding carboxylic acids is 1. The summed E-state index contributed by atoms with van der Waals surface area (Å²) >= 11 is 1.27. The van der Waals surface area contributed by atoms with Gasteiger partial charge in [0.15, 0.2) is 0 Å². The summed E-state index contributed by atoms with van der Waals surface area (Å²) in [5, 5.41) is 14.4. The topological polar surface area (TPSA) is 93.8 Å². The second-order valence-electron chi connectivity index (χ2n) is 7.72. The molecule has 0 atom stereocenters. The number of fused-ring (bicyclic) bond motifs is 2. The molecular weight excluding hydrogens is 418 g/mol. The first-order chi connectivity index (χ1) is 15.5. The Morgan fingerprint density at radius 1 is 1.03 bits per heavy atom. The highest BCUT2D eigenvalue weighted by Gasteiger charge is 2.19. The van der Waals surface area contributed by atoms with Crippen LogP contribution in [0.4, 0.5) is 5.69 Å². The first kappa shape index (κ1) is 20.1. The quantitative estimate of drug-likeness (QED) is 0.409. The molecule has 6 nitrogen and oxygen atoms in total. The molecule has 0 unspecified atom stereocenters. The number of rotatable bonds is 4. The molecule has 3 aromatic heterocycles. The van der Waals surface area contributed by atoms with Crippen molar-refractivity contribution >= 4 is 43.9 Å². The Kier molecular flexibility index (Phi) is 5.03. The Morgan fingerprint density at radius 3 is 2.62 bits per heavy atom. The minimum atomic E-state index is -0.204. The van der Waals surface area contributed by atoms with E-state index in [-0.39, 0.29) is 5.91 Å². The number of benzene rings is 2. The molecule has 5 aromatic rings. The van der Waals surface area contributed by atoms with Gasteiger partial charge in [-0.3, -0.25) is 9.78 Å². The van der Waals surface area contributed by atoms with E-state index in [1.807, 2.05) is 50.5 Å².